The first-order valence-corrected chi connectivity index (χ1v) is 12.0. The topological polar surface area (TPSA) is 78.0 Å². The Kier molecular flexibility index (Phi) is 6.11. The smallest absolute Gasteiger partial charge is 0.317 e. The van der Waals surface area contributed by atoms with E-state index in [0.717, 1.165) is 60.8 Å². The molecule has 2 fully saturated rings. The highest BCUT2D eigenvalue weighted by Gasteiger charge is 2.45. The Hall–Kier alpha value is -3.22. The van der Waals surface area contributed by atoms with Crippen molar-refractivity contribution >= 4 is 23.2 Å². The minimum Gasteiger partial charge on any atom is -0.497 e. The Balaban J connectivity index is 1.33. The molecule has 0 unspecified atom stereocenters. The zero-order valence-electron chi connectivity index (χ0n) is 19.3. The monoisotopic (exact) mass is 447 g/mol. The van der Waals surface area contributed by atoms with Gasteiger partial charge in [0.1, 0.15) is 17.1 Å². The summed E-state index contributed by atoms with van der Waals surface area (Å²) < 4.78 is 5.22. The highest BCUT2D eigenvalue weighted by atomic mass is 16.5. The molecule has 1 aliphatic carbocycles. The lowest BCUT2D eigenvalue weighted by Gasteiger charge is -2.47. The van der Waals surface area contributed by atoms with Crippen molar-refractivity contribution in [1.82, 2.24) is 10.2 Å². The van der Waals surface area contributed by atoms with E-state index >= 15 is 0 Å². The predicted molar refractivity (Wildman–Crippen MR) is 132 cm³/mol. The molecule has 1 saturated heterocycles. The van der Waals surface area contributed by atoms with Crippen LogP contribution in [0.4, 0.5) is 16.2 Å². The van der Waals surface area contributed by atoms with Crippen LogP contribution in [0.1, 0.15) is 44.1 Å². The summed E-state index contributed by atoms with van der Waals surface area (Å²) in [6, 6.07) is 16.4. The number of nitrogens with zero attached hydrogens (tertiary/aromatic N) is 2. The number of rotatable bonds is 4. The summed E-state index contributed by atoms with van der Waals surface area (Å²) in [6.45, 7) is 1.83. The van der Waals surface area contributed by atoms with Crippen LogP contribution in [-0.4, -0.2) is 48.5 Å². The number of aliphatic imine (C=N–C) groups is 1. The number of nitrogens with one attached hydrogen (secondary N) is 3. The number of ether oxygens (including phenoxy) is 1. The van der Waals surface area contributed by atoms with Crippen molar-refractivity contribution in [1.29, 1.82) is 0 Å². The number of carbonyl (C=O) groups is 1. The summed E-state index contributed by atoms with van der Waals surface area (Å²) in [7, 11) is 1.65. The Morgan fingerprint density at radius 1 is 1.12 bits per heavy atom. The van der Waals surface area contributed by atoms with Crippen LogP contribution in [0.5, 0.6) is 5.75 Å². The SMILES string of the molecule is COc1ccc(CNC(=O)N2CCC[C@]3(C2)Nc2ccccc2NC3=NC2CCCC2)cc1. The van der Waals surface area contributed by atoms with Crippen LogP contribution in [0.25, 0.3) is 0 Å². The zero-order chi connectivity index (χ0) is 22.7. The van der Waals surface area contributed by atoms with Gasteiger partial charge in [-0.3, -0.25) is 4.99 Å². The van der Waals surface area contributed by atoms with Gasteiger partial charge in [0.05, 0.1) is 31.1 Å². The van der Waals surface area contributed by atoms with Crippen LogP contribution in [-0.2, 0) is 6.54 Å². The van der Waals surface area contributed by atoms with Gasteiger partial charge in [-0.05, 0) is 55.5 Å². The molecule has 33 heavy (non-hydrogen) atoms. The molecule has 7 heteroatoms. The summed E-state index contributed by atoms with van der Waals surface area (Å²) in [5.74, 6) is 1.80. The van der Waals surface area contributed by atoms with Crippen molar-refractivity contribution < 1.29 is 9.53 Å². The standard InChI is InChI=1S/C26H33N5O2/c1-33-21-13-11-19(12-14-21)17-27-25(32)31-16-6-15-26(18-31)24(28-20-7-2-3-8-20)29-22-9-4-5-10-23(22)30-26/h4-5,9-14,20,30H,2-3,6-8,15-18H2,1H3,(H,27,32)(H,28,29)/t26-/m1/s1. The first-order chi connectivity index (χ1) is 16.1. The molecule has 5 rings (SSSR count). The number of fused-ring (bicyclic) bond motifs is 1. The van der Waals surface area contributed by atoms with E-state index in [4.69, 9.17) is 9.73 Å². The predicted octanol–water partition coefficient (Wildman–Crippen LogP) is 4.62. The normalized spacial score (nSPS) is 23.7. The van der Waals surface area contributed by atoms with E-state index in [2.05, 4.69) is 28.1 Å². The number of urea groups is 1. The summed E-state index contributed by atoms with van der Waals surface area (Å²) in [5.41, 5.74) is 2.79. The number of hydrogen-bond donors (Lipinski definition) is 3. The van der Waals surface area contributed by atoms with Crippen molar-refractivity contribution in [3.63, 3.8) is 0 Å². The summed E-state index contributed by atoms with van der Waals surface area (Å²) in [5, 5.41) is 10.5. The molecular weight excluding hydrogens is 414 g/mol. The van der Waals surface area contributed by atoms with Gasteiger partial charge >= 0.3 is 6.03 Å². The first-order valence-electron chi connectivity index (χ1n) is 12.0. The molecule has 2 aromatic rings. The van der Waals surface area contributed by atoms with Crippen molar-refractivity contribution in [3.05, 3.63) is 54.1 Å². The van der Waals surface area contributed by atoms with Crippen LogP contribution in [0, 0.1) is 0 Å². The molecule has 1 atom stereocenters. The highest BCUT2D eigenvalue weighted by molar-refractivity contribution is 6.10. The maximum Gasteiger partial charge on any atom is 0.317 e. The van der Waals surface area contributed by atoms with Gasteiger partial charge in [-0.2, -0.15) is 0 Å². The molecule has 1 saturated carbocycles. The van der Waals surface area contributed by atoms with Crippen molar-refractivity contribution in [2.45, 2.75) is 56.7 Å². The number of para-hydroxylation sites is 2. The van der Waals surface area contributed by atoms with Gasteiger partial charge in [0.2, 0.25) is 0 Å². The Morgan fingerprint density at radius 3 is 2.64 bits per heavy atom. The van der Waals surface area contributed by atoms with Crippen molar-refractivity contribution in [2.24, 2.45) is 4.99 Å². The number of likely N-dealkylation sites (tertiary alicyclic amines) is 1. The van der Waals surface area contributed by atoms with Crippen LogP contribution < -0.4 is 20.7 Å². The molecule has 2 aliphatic heterocycles. The lowest BCUT2D eigenvalue weighted by Crippen LogP contribution is -2.63. The first kappa shape index (κ1) is 21.6. The van der Waals surface area contributed by atoms with Crippen LogP contribution in [0.2, 0.25) is 0 Å². The lowest BCUT2D eigenvalue weighted by atomic mass is 9.85. The third-order valence-electron chi connectivity index (χ3n) is 7.03. The van der Waals surface area contributed by atoms with Crippen LogP contribution in [0.3, 0.4) is 0 Å². The minimum atomic E-state index is -0.382. The van der Waals surface area contributed by atoms with Gasteiger partial charge in [0.15, 0.2) is 0 Å². The maximum atomic E-state index is 13.1. The maximum absolute atomic E-state index is 13.1. The third kappa shape index (κ3) is 4.63. The van der Waals surface area contributed by atoms with E-state index in [9.17, 15) is 4.79 Å². The largest absolute Gasteiger partial charge is 0.497 e. The highest BCUT2D eigenvalue weighted by Crippen LogP contribution is 2.37. The summed E-state index contributed by atoms with van der Waals surface area (Å²) in [6.07, 6.45) is 6.67. The number of piperidine rings is 1. The second-order valence-corrected chi connectivity index (χ2v) is 9.33. The van der Waals surface area contributed by atoms with Crippen molar-refractivity contribution in [2.75, 3.05) is 30.8 Å². The van der Waals surface area contributed by atoms with Gasteiger partial charge in [-0.1, -0.05) is 37.1 Å². The summed E-state index contributed by atoms with van der Waals surface area (Å²) >= 11 is 0. The van der Waals surface area contributed by atoms with Gasteiger partial charge in [-0.25, -0.2) is 4.79 Å². The number of amidine groups is 1. The zero-order valence-corrected chi connectivity index (χ0v) is 19.3. The van der Waals surface area contributed by atoms with E-state index in [1.165, 1.54) is 12.8 Å². The molecule has 2 aromatic carbocycles. The Labute approximate surface area is 195 Å². The molecule has 3 N–H and O–H groups in total. The van der Waals surface area contributed by atoms with Gasteiger partial charge < -0.3 is 25.6 Å². The molecule has 2 heterocycles. The number of methoxy groups -OCH3 is 1. The average molecular weight is 448 g/mol. The number of benzene rings is 2. The molecule has 174 valence electrons. The number of amides is 2. The minimum absolute atomic E-state index is 0.0363. The average Bonchev–Trinajstić information content (AvgIpc) is 3.37. The Morgan fingerprint density at radius 2 is 1.88 bits per heavy atom. The fourth-order valence-corrected chi connectivity index (χ4v) is 5.19. The molecule has 7 nitrogen and oxygen atoms in total. The van der Waals surface area contributed by atoms with Crippen LogP contribution in [0.15, 0.2) is 53.5 Å². The molecule has 3 aliphatic rings. The van der Waals surface area contributed by atoms with E-state index in [1.54, 1.807) is 7.11 Å². The van der Waals surface area contributed by atoms with Crippen molar-refractivity contribution in [3.8, 4) is 5.75 Å². The number of carbonyl (C=O) groups excluding carboxylic acids is 1. The molecule has 0 radical (unpaired) electrons. The fourth-order valence-electron chi connectivity index (χ4n) is 5.19. The Bertz CT molecular complexity index is 1020. The molecule has 0 bridgehead atoms. The molecule has 1 spiro atoms. The third-order valence-corrected chi connectivity index (χ3v) is 7.03. The molecule has 0 aromatic heterocycles. The fraction of sp³-hybridized carbons (Fsp3) is 0.462. The van der Waals surface area contributed by atoms with E-state index < -0.39 is 0 Å². The molecular formula is C26H33N5O2. The summed E-state index contributed by atoms with van der Waals surface area (Å²) in [4.78, 5) is 20.2. The van der Waals surface area contributed by atoms with Gasteiger partial charge in [0.25, 0.3) is 0 Å². The van der Waals surface area contributed by atoms with E-state index in [-0.39, 0.29) is 11.6 Å². The van der Waals surface area contributed by atoms with Gasteiger partial charge in [-0.15, -0.1) is 0 Å². The second-order valence-electron chi connectivity index (χ2n) is 9.33. The van der Waals surface area contributed by atoms with E-state index in [0.29, 0.717) is 19.1 Å². The number of hydrogen-bond acceptors (Lipinski definition) is 4. The number of anilines is 2. The molecule has 2 amide bonds. The van der Waals surface area contributed by atoms with E-state index in [1.807, 2.05) is 41.3 Å². The second kappa shape index (κ2) is 9.33. The quantitative estimate of drug-likeness (QED) is 0.639. The van der Waals surface area contributed by atoms with Gasteiger partial charge in [0, 0.05) is 13.1 Å². The lowest BCUT2D eigenvalue weighted by molar-refractivity contribution is 0.173. The van der Waals surface area contributed by atoms with Crippen LogP contribution >= 0.6 is 0 Å².